The molecule has 0 aliphatic heterocycles. The molecule has 21 heavy (non-hydrogen) atoms. The molecular weight excluding hydrogens is 286 g/mol. The van der Waals surface area contributed by atoms with Gasteiger partial charge in [-0.1, -0.05) is 6.07 Å². The van der Waals surface area contributed by atoms with E-state index in [1.807, 2.05) is 0 Å². The largest absolute Gasteiger partial charge is 0.497 e. The van der Waals surface area contributed by atoms with E-state index in [4.69, 9.17) is 4.74 Å². The minimum Gasteiger partial charge on any atom is -0.497 e. The van der Waals surface area contributed by atoms with Crippen molar-refractivity contribution in [1.29, 1.82) is 0 Å². The molecule has 0 heterocycles. The summed E-state index contributed by atoms with van der Waals surface area (Å²) in [7, 11) is 1.42. The van der Waals surface area contributed by atoms with E-state index < -0.39 is 29.3 Å². The molecule has 0 aromatic heterocycles. The van der Waals surface area contributed by atoms with Gasteiger partial charge in [-0.25, -0.2) is 17.6 Å². The highest BCUT2D eigenvalue weighted by atomic mass is 19.2. The van der Waals surface area contributed by atoms with Crippen molar-refractivity contribution in [1.82, 2.24) is 0 Å². The van der Waals surface area contributed by atoms with Crippen molar-refractivity contribution >= 4 is 5.69 Å². The smallest absolute Gasteiger partial charge is 0.194 e. The Morgan fingerprint density at radius 1 is 0.952 bits per heavy atom. The molecule has 0 radical (unpaired) electrons. The number of nitrogens with one attached hydrogen (secondary N) is 1. The monoisotopic (exact) mass is 299 g/mol. The molecule has 2 rings (SSSR count). The fraction of sp³-hybridized carbons (Fsp3) is 0.200. The van der Waals surface area contributed by atoms with Gasteiger partial charge in [-0.3, -0.25) is 0 Å². The molecule has 1 N–H and O–H groups in total. The third-order valence-corrected chi connectivity index (χ3v) is 3.04. The number of halogens is 4. The minimum atomic E-state index is -1.54. The molecular formula is C15H13F4NO. The minimum absolute atomic E-state index is 0.0223. The summed E-state index contributed by atoms with van der Waals surface area (Å²) in [6.07, 6.45) is 0. The molecule has 0 aliphatic carbocycles. The van der Waals surface area contributed by atoms with Crippen LogP contribution in [0.5, 0.6) is 5.75 Å². The Morgan fingerprint density at radius 2 is 1.57 bits per heavy atom. The topological polar surface area (TPSA) is 21.3 Å². The Balaban J connectivity index is 2.23. The van der Waals surface area contributed by atoms with Gasteiger partial charge < -0.3 is 10.1 Å². The van der Waals surface area contributed by atoms with Crippen LogP contribution in [0.25, 0.3) is 0 Å². The molecule has 2 aromatic carbocycles. The lowest BCUT2D eigenvalue weighted by molar-refractivity contribution is 0.410. The van der Waals surface area contributed by atoms with Crippen molar-refractivity contribution in [3.8, 4) is 5.75 Å². The van der Waals surface area contributed by atoms with Crippen LogP contribution < -0.4 is 10.1 Å². The zero-order valence-electron chi connectivity index (χ0n) is 11.4. The van der Waals surface area contributed by atoms with Crippen molar-refractivity contribution in [2.24, 2.45) is 0 Å². The van der Waals surface area contributed by atoms with Crippen molar-refractivity contribution in [3.63, 3.8) is 0 Å². The zero-order valence-corrected chi connectivity index (χ0v) is 11.4. The Kier molecular flexibility index (Phi) is 4.35. The van der Waals surface area contributed by atoms with Gasteiger partial charge in [-0.05, 0) is 13.0 Å². The van der Waals surface area contributed by atoms with Crippen LogP contribution in [0.4, 0.5) is 23.2 Å². The molecule has 6 heteroatoms. The van der Waals surface area contributed by atoms with Crippen LogP contribution in [-0.2, 0) is 0 Å². The van der Waals surface area contributed by atoms with E-state index in [2.05, 4.69) is 5.32 Å². The zero-order chi connectivity index (χ0) is 15.6. The Bertz CT molecular complexity index is 637. The van der Waals surface area contributed by atoms with E-state index in [9.17, 15) is 17.6 Å². The Labute approximate surface area is 119 Å². The molecule has 1 unspecified atom stereocenters. The highest BCUT2D eigenvalue weighted by Crippen LogP contribution is 2.26. The molecule has 0 spiro atoms. The fourth-order valence-electron chi connectivity index (χ4n) is 1.95. The number of anilines is 1. The molecule has 0 saturated heterocycles. The van der Waals surface area contributed by atoms with Crippen LogP contribution in [-0.4, -0.2) is 7.11 Å². The van der Waals surface area contributed by atoms with Gasteiger partial charge in [-0.2, -0.15) is 0 Å². The second-order valence-corrected chi connectivity index (χ2v) is 4.51. The van der Waals surface area contributed by atoms with E-state index in [1.54, 1.807) is 13.0 Å². The van der Waals surface area contributed by atoms with E-state index >= 15 is 0 Å². The first kappa shape index (κ1) is 15.2. The van der Waals surface area contributed by atoms with Crippen LogP contribution in [0.15, 0.2) is 30.3 Å². The lowest BCUT2D eigenvalue weighted by atomic mass is 10.1. The highest BCUT2D eigenvalue weighted by Gasteiger charge is 2.15. The summed E-state index contributed by atoms with van der Waals surface area (Å²) < 4.78 is 57.9. The Morgan fingerprint density at radius 3 is 2.10 bits per heavy atom. The number of hydrogen-bond donors (Lipinski definition) is 1. The van der Waals surface area contributed by atoms with E-state index in [-0.39, 0.29) is 5.69 Å². The van der Waals surface area contributed by atoms with Gasteiger partial charge in [0.25, 0.3) is 0 Å². The third-order valence-electron chi connectivity index (χ3n) is 3.04. The first-order valence-corrected chi connectivity index (χ1v) is 6.17. The van der Waals surface area contributed by atoms with Crippen molar-refractivity contribution in [2.45, 2.75) is 13.0 Å². The summed E-state index contributed by atoms with van der Waals surface area (Å²) in [6.45, 7) is 1.62. The molecule has 0 saturated carbocycles. The predicted molar refractivity (Wildman–Crippen MR) is 71.3 cm³/mol. The fourth-order valence-corrected chi connectivity index (χ4v) is 1.95. The lowest BCUT2D eigenvalue weighted by Crippen LogP contribution is -2.09. The first-order valence-electron chi connectivity index (χ1n) is 6.17. The molecule has 0 fully saturated rings. The Hall–Kier alpha value is -2.24. The van der Waals surface area contributed by atoms with Crippen LogP contribution in [0.2, 0.25) is 0 Å². The highest BCUT2D eigenvalue weighted by molar-refractivity contribution is 5.47. The molecule has 1 atom stereocenters. The number of hydrogen-bond acceptors (Lipinski definition) is 2. The average Bonchev–Trinajstić information content (AvgIpc) is 2.44. The van der Waals surface area contributed by atoms with Gasteiger partial charge >= 0.3 is 0 Å². The second-order valence-electron chi connectivity index (χ2n) is 4.51. The lowest BCUT2D eigenvalue weighted by Gasteiger charge is -2.17. The molecule has 0 amide bonds. The van der Waals surface area contributed by atoms with Gasteiger partial charge in [0.05, 0.1) is 13.2 Å². The maximum absolute atomic E-state index is 13.9. The summed E-state index contributed by atoms with van der Waals surface area (Å²) in [5, 5.41) is 2.72. The SMILES string of the molecule is COc1ccc(C(C)Nc2cc(F)c(F)c(F)c2)c(F)c1. The number of ether oxygens (including phenoxy) is 1. The maximum Gasteiger partial charge on any atom is 0.194 e. The van der Waals surface area contributed by atoms with E-state index in [0.717, 1.165) is 12.1 Å². The van der Waals surface area contributed by atoms with Crippen molar-refractivity contribution in [3.05, 3.63) is 59.2 Å². The van der Waals surface area contributed by atoms with Crippen LogP contribution >= 0.6 is 0 Å². The number of methoxy groups -OCH3 is 1. The van der Waals surface area contributed by atoms with E-state index in [1.165, 1.54) is 19.2 Å². The van der Waals surface area contributed by atoms with Gasteiger partial charge in [0.15, 0.2) is 17.5 Å². The summed E-state index contributed by atoms with van der Waals surface area (Å²) >= 11 is 0. The number of rotatable bonds is 4. The molecule has 0 bridgehead atoms. The van der Waals surface area contributed by atoms with E-state index in [0.29, 0.717) is 11.3 Å². The summed E-state index contributed by atoms with van der Waals surface area (Å²) in [5.41, 5.74) is 0.315. The molecule has 0 aliphatic rings. The normalized spacial score (nSPS) is 12.1. The molecule has 2 nitrogen and oxygen atoms in total. The summed E-state index contributed by atoms with van der Waals surface area (Å²) in [4.78, 5) is 0. The third kappa shape index (κ3) is 3.26. The van der Waals surface area contributed by atoms with Gasteiger partial charge in [0, 0.05) is 29.4 Å². The molecule has 2 aromatic rings. The van der Waals surface area contributed by atoms with Gasteiger partial charge in [0.2, 0.25) is 0 Å². The van der Waals surface area contributed by atoms with Crippen LogP contribution in [0.3, 0.4) is 0 Å². The van der Waals surface area contributed by atoms with Crippen LogP contribution in [0.1, 0.15) is 18.5 Å². The standard InChI is InChI=1S/C15H13F4NO/c1-8(11-4-3-10(21-2)7-12(11)16)20-9-5-13(17)15(19)14(18)6-9/h3-8,20H,1-2H3. The molecule has 112 valence electrons. The van der Waals surface area contributed by atoms with Crippen molar-refractivity contribution in [2.75, 3.05) is 12.4 Å². The summed E-state index contributed by atoms with van der Waals surface area (Å²) in [6, 6.07) is 5.34. The quantitative estimate of drug-likeness (QED) is 0.666. The predicted octanol–water partition coefficient (Wildman–Crippen LogP) is 4.42. The average molecular weight is 299 g/mol. The van der Waals surface area contributed by atoms with Gasteiger partial charge in [-0.15, -0.1) is 0 Å². The van der Waals surface area contributed by atoms with Crippen molar-refractivity contribution < 1.29 is 22.3 Å². The summed E-state index contributed by atoms with van der Waals surface area (Å²) in [5.74, 6) is -4.30. The van der Waals surface area contributed by atoms with Crippen LogP contribution in [0, 0.1) is 23.3 Å². The maximum atomic E-state index is 13.9. The second kappa shape index (κ2) is 6.03. The van der Waals surface area contributed by atoms with Gasteiger partial charge in [0.1, 0.15) is 11.6 Å². The first-order chi connectivity index (χ1) is 9.92. The number of benzene rings is 2.